The third kappa shape index (κ3) is 5.26. The molecule has 0 unspecified atom stereocenters. The lowest BCUT2D eigenvalue weighted by molar-refractivity contribution is -0.114. The van der Waals surface area contributed by atoms with Gasteiger partial charge in [0.05, 0.1) is 12.0 Å². The Balaban J connectivity index is 1.58. The van der Waals surface area contributed by atoms with Crippen LogP contribution in [0.3, 0.4) is 0 Å². The van der Waals surface area contributed by atoms with Crippen molar-refractivity contribution in [2.45, 2.75) is 13.3 Å². The first-order chi connectivity index (χ1) is 14.0. The van der Waals surface area contributed by atoms with Crippen LogP contribution in [0, 0.1) is 5.41 Å². The largest absolute Gasteiger partial charge is 0.459 e. The fourth-order valence-electron chi connectivity index (χ4n) is 2.33. The molecular weight excluding hydrogens is 394 g/mol. The molecule has 2 aromatic rings. The maximum atomic E-state index is 12.2. The number of thioether (sulfide) groups is 1. The summed E-state index contributed by atoms with van der Waals surface area (Å²) in [6, 6.07) is 10.4. The van der Waals surface area contributed by atoms with Crippen molar-refractivity contribution in [1.29, 1.82) is 5.41 Å². The topological polar surface area (TPSA) is 137 Å². The summed E-state index contributed by atoms with van der Waals surface area (Å²) in [5.74, 6) is -2.35. The Hall–Kier alpha value is -3.53. The van der Waals surface area contributed by atoms with Gasteiger partial charge in [-0.05, 0) is 36.2 Å². The Morgan fingerprint density at radius 1 is 1.28 bits per heavy atom. The van der Waals surface area contributed by atoms with Crippen LogP contribution >= 0.6 is 11.8 Å². The highest BCUT2D eigenvalue weighted by Crippen LogP contribution is 2.12. The summed E-state index contributed by atoms with van der Waals surface area (Å²) in [4.78, 5) is 43.6. The third-order valence-corrected chi connectivity index (χ3v) is 4.68. The first-order valence-electron chi connectivity index (χ1n) is 8.63. The minimum absolute atomic E-state index is 0.0142. The number of nitrogens with zero attached hydrogens (tertiary/aromatic N) is 2. The number of aliphatic imine (C=N–C) groups is 2. The molecule has 29 heavy (non-hydrogen) atoms. The lowest BCUT2D eigenvalue weighted by Gasteiger charge is -2.14. The van der Waals surface area contributed by atoms with Crippen molar-refractivity contribution in [3.63, 3.8) is 0 Å². The molecule has 0 aliphatic carbocycles. The van der Waals surface area contributed by atoms with E-state index in [2.05, 4.69) is 20.6 Å². The van der Waals surface area contributed by atoms with Crippen LogP contribution in [-0.2, 0) is 16.0 Å². The second kappa shape index (κ2) is 9.11. The van der Waals surface area contributed by atoms with E-state index >= 15 is 0 Å². The van der Waals surface area contributed by atoms with Crippen LogP contribution in [0.15, 0.2) is 57.1 Å². The number of hydrogen-bond acceptors (Lipinski definition) is 6. The third-order valence-electron chi connectivity index (χ3n) is 3.80. The van der Waals surface area contributed by atoms with Crippen molar-refractivity contribution in [3.05, 3.63) is 54.0 Å². The monoisotopic (exact) mass is 411 g/mol. The first-order valence-corrected chi connectivity index (χ1v) is 9.62. The molecule has 0 radical (unpaired) electrons. The number of amides is 3. The lowest BCUT2D eigenvalue weighted by atomic mass is 10.1. The van der Waals surface area contributed by atoms with E-state index in [9.17, 15) is 14.4 Å². The van der Waals surface area contributed by atoms with Crippen molar-refractivity contribution < 1.29 is 18.8 Å². The number of anilines is 1. The molecule has 0 fully saturated rings. The number of furan rings is 1. The van der Waals surface area contributed by atoms with E-state index in [0.29, 0.717) is 5.69 Å². The fourth-order valence-corrected chi connectivity index (χ4v) is 2.99. The van der Waals surface area contributed by atoms with Crippen molar-refractivity contribution in [2.75, 3.05) is 11.1 Å². The van der Waals surface area contributed by atoms with Gasteiger partial charge >= 0.3 is 5.91 Å². The molecule has 10 heteroatoms. The Labute approximate surface area is 170 Å². The van der Waals surface area contributed by atoms with Crippen molar-refractivity contribution in [1.82, 2.24) is 5.32 Å². The van der Waals surface area contributed by atoms with Crippen molar-refractivity contribution >= 4 is 51.9 Å². The lowest BCUT2D eigenvalue weighted by Crippen LogP contribution is -2.43. The molecule has 0 bridgehead atoms. The zero-order valence-electron chi connectivity index (χ0n) is 15.4. The van der Waals surface area contributed by atoms with Gasteiger partial charge in [-0.15, -0.1) is 0 Å². The summed E-state index contributed by atoms with van der Waals surface area (Å²) in [5.41, 5.74) is 1.41. The van der Waals surface area contributed by atoms with Crippen LogP contribution in [-0.4, -0.2) is 40.2 Å². The van der Waals surface area contributed by atoms with E-state index in [-0.39, 0.29) is 22.6 Å². The van der Waals surface area contributed by atoms with Gasteiger partial charge in [0, 0.05) is 5.69 Å². The minimum atomic E-state index is -0.787. The van der Waals surface area contributed by atoms with Gasteiger partial charge in [-0.3, -0.25) is 25.1 Å². The summed E-state index contributed by atoms with van der Waals surface area (Å²) in [6.07, 6.45) is 2.21. The quantitative estimate of drug-likeness (QED) is 0.693. The summed E-state index contributed by atoms with van der Waals surface area (Å²) in [5, 5.41) is 13.1. The van der Waals surface area contributed by atoms with Gasteiger partial charge in [0.25, 0.3) is 5.91 Å². The molecule has 3 N–H and O–H groups in total. The number of amidine groups is 2. The van der Waals surface area contributed by atoms with Crippen LogP contribution in [0.4, 0.5) is 5.69 Å². The van der Waals surface area contributed by atoms with Crippen LogP contribution < -0.4 is 10.6 Å². The van der Waals surface area contributed by atoms with Crippen molar-refractivity contribution in [2.24, 2.45) is 9.98 Å². The number of carbonyl (C=O) groups excluding carboxylic acids is 3. The number of hydrogen-bond donors (Lipinski definition) is 3. The maximum absolute atomic E-state index is 12.2. The van der Waals surface area contributed by atoms with Crippen molar-refractivity contribution in [3.8, 4) is 0 Å². The van der Waals surface area contributed by atoms with E-state index in [1.807, 2.05) is 31.2 Å². The van der Waals surface area contributed by atoms with Crippen LogP contribution in [0.5, 0.6) is 0 Å². The number of rotatable bonds is 5. The van der Waals surface area contributed by atoms with Gasteiger partial charge in [0.1, 0.15) is 0 Å². The molecule has 3 rings (SSSR count). The normalized spacial score (nSPS) is 15.1. The van der Waals surface area contributed by atoms with Gasteiger partial charge in [-0.25, -0.2) is 4.99 Å². The molecule has 3 amide bonds. The molecule has 1 aromatic heterocycles. The van der Waals surface area contributed by atoms with Gasteiger partial charge in [-0.2, -0.15) is 4.99 Å². The average molecular weight is 411 g/mol. The molecule has 9 nitrogen and oxygen atoms in total. The zero-order chi connectivity index (χ0) is 20.8. The van der Waals surface area contributed by atoms with Gasteiger partial charge in [-0.1, -0.05) is 30.8 Å². The van der Waals surface area contributed by atoms with Crippen LogP contribution in [0.1, 0.15) is 23.0 Å². The molecule has 1 aliphatic rings. The second-order valence-electron chi connectivity index (χ2n) is 5.85. The number of aryl methyl sites for hydroxylation is 1. The molecule has 0 atom stereocenters. The molecule has 0 saturated heterocycles. The maximum Gasteiger partial charge on any atom is 0.313 e. The van der Waals surface area contributed by atoms with E-state index in [1.165, 1.54) is 18.4 Å². The van der Waals surface area contributed by atoms with E-state index in [4.69, 9.17) is 9.83 Å². The molecular formula is C19H17N5O4S. The molecule has 1 aromatic carbocycles. The zero-order valence-corrected chi connectivity index (χ0v) is 16.2. The predicted molar refractivity (Wildman–Crippen MR) is 111 cm³/mol. The summed E-state index contributed by atoms with van der Waals surface area (Å²) >= 11 is 0.965. The minimum Gasteiger partial charge on any atom is -0.459 e. The first kappa shape index (κ1) is 20.2. The fraction of sp³-hybridized carbons (Fsp3) is 0.158. The van der Waals surface area contributed by atoms with Gasteiger partial charge in [0.2, 0.25) is 5.91 Å². The molecule has 0 spiro atoms. The summed E-state index contributed by atoms with van der Waals surface area (Å²) < 4.78 is 4.91. The smallest absolute Gasteiger partial charge is 0.313 e. The van der Waals surface area contributed by atoms with E-state index in [1.54, 1.807) is 0 Å². The summed E-state index contributed by atoms with van der Waals surface area (Å²) in [6.45, 7) is 2.05. The summed E-state index contributed by atoms with van der Waals surface area (Å²) in [7, 11) is 0. The van der Waals surface area contributed by atoms with Gasteiger partial charge in [0.15, 0.2) is 22.5 Å². The second-order valence-corrected chi connectivity index (χ2v) is 6.81. The highest BCUT2D eigenvalue weighted by Gasteiger charge is 2.26. The number of carbonyl (C=O) groups is 3. The molecule has 0 saturated carbocycles. The number of benzene rings is 1. The Kier molecular flexibility index (Phi) is 6.35. The molecule has 2 heterocycles. The van der Waals surface area contributed by atoms with Crippen LogP contribution in [0.2, 0.25) is 0 Å². The molecule has 148 valence electrons. The van der Waals surface area contributed by atoms with Gasteiger partial charge < -0.3 is 9.73 Å². The SMILES string of the molecule is CCc1ccc(NC(=O)CSC2=NC(=N)C(=NC(=O)c3ccco3)C(=O)N2)cc1. The standard InChI is InChI=1S/C19H17N5O4S/c1-2-11-5-7-12(8-6-11)21-14(25)10-29-19-23-16(20)15(18(27)24-19)22-17(26)13-4-3-9-28-13/h3-9H,2,10H2,1H3,(H,21,25)(H2,20,23,24,27). The Morgan fingerprint density at radius 2 is 2.03 bits per heavy atom. The molecule has 1 aliphatic heterocycles. The Bertz CT molecular complexity index is 1010. The average Bonchev–Trinajstić information content (AvgIpc) is 3.24. The highest BCUT2D eigenvalue weighted by molar-refractivity contribution is 8.14. The van der Waals surface area contributed by atoms with E-state index in [0.717, 1.165) is 23.7 Å². The predicted octanol–water partition coefficient (Wildman–Crippen LogP) is 2.26. The Morgan fingerprint density at radius 3 is 2.66 bits per heavy atom. The highest BCUT2D eigenvalue weighted by atomic mass is 32.2. The van der Waals surface area contributed by atoms with Crippen LogP contribution in [0.25, 0.3) is 0 Å². The number of nitrogens with one attached hydrogen (secondary N) is 3. The van der Waals surface area contributed by atoms with E-state index < -0.39 is 23.4 Å².